The van der Waals surface area contributed by atoms with Crippen molar-refractivity contribution >= 4 is 22.5 Å². The molecular formula is C14H13ClN4. The zero-order valence-corrected chi connectivity index (χ0v) is 11.2. The van der Waals surface area contributed by atoms with Crippen LogP contribution >= 0.6 is 11.6 Å². The van der Waals surface area contributed by atoms with Gasteiger partial charge in [-0.25, -0.2) is 9.97 Å². The number of nitrogens with one attached hydrogen (secondary N) is 2. The number of rotatable bonds is 3. The second kappa shape index (κ2) is 4.99. The molecule has 0 bridgehead atoms. The number of benzene rings is 1. The summed E-state index contributed by atoms with van der Waals surface area (Å²) in [4.78, 5) is 12.3. The van der Waals surface area contributed by atoms with Gasteiger partial charge in [-0.05, 0) is 37.4 Å². The first-order valence-electron chi connectivity index (χ1n) is 6.02. The topological polar surface area (TPSA) is 53.6 Å². The van der Waals surface area contributed by atoms with Crippen LogP contribution < -0.4 is 5.32 Å². The Labute approximate surface area is 115 Å². The molecule has 0 aliphatic rings. The highest BCUT2D eigenvalue weighted by molar-refractivity contribution is 6.31. The largest absolute Gasteiger partial charge is 0.360 e. The molecular weight excluding hydrogens is 260 g/mol. The molecule has 0 aliphatic heterocycles. The number of hydrogen-bond acceptors (Lipinski definition) is 3. The van der Waals surface area contributed by atoms with Crippen molar-refractivity contribution in [3.63, 3.8) is 0 Å². The Hall–Kier alpha value is -1.91. The summed E-state index contributed by atoms with van der Waals surface area (Å²) in [7, 11) is 1.88. The van der Waals surface area contributed by atoms with Crippen LogP contribution in [0.4, 0.5) is 0 Å². The van der Waals surface area contributed by atoms with Crippen molar-refractivity contribution in [3.05, 3.63) is 47.4 Å². The Morgan fingerprint density at radius 2 is 2.16 bits per heavy atom. The maximum atomic E-state index is 6.07. The van der Waals surface area contributed by atoms with E-state index < -0.39 is 0 Å². The monoisotopic (exact) mass is 272 g/mol. The Morgan fingerprint density at radius 3 is 2.89 bits per heavy atom. The highest BCUT2D eigenvalue weighted by Gasteiger charge is 2.10. The molecule has 0 atom stereocenters. The fraction of sp³-hybridized carbons (Fsp3) is 0.143. The Bertz CT molecular complexity index is 707. The molecule has 5 heteroatoms. The van der Waals surface area contributed by atoms with Crippen LogP contribution in [-0.4, -0.2) is 22.0 Å². The summed E-state index contributed by atoms with van der Waals surface area (Å²) in [5, 5.41) is 4.71. The van der Waals surface area contributed by atoms with Crippen molar-refractivity contribution < 1.29 is 0 Å². The zero-order valence-electron chi connectivity index (χ0n) is 10.4. The summed E-state index contributed by atoms with van der Waals surface area (Å²) in [6.07, 6.45) is 1.88. The van der Waals surface area contributed by atoms with Crippen molar-refractivity contribution in [2.45, 2.75) is 6.54 Å². The smallest absolute Gasteiger partial charge is 0.143 e. The fourth-order valence-electron chi connectivity index (χ4n) is 2.07. The molecule has 0 unspecified atom stereocenters. The lowest BCUT2D eigenvalue weighted by Crippen LogP contribution is -2.10. The van der Waals surface area contributed by atoms with E-state index in [1.54, 1.807) is 0 Å². The summed E-state index contributed by atoms with van der Waals surface area (Å²) < 4.78 is 0. The van der Waals surface area contributed by atoms with Crippen molar-refractivity contribution in [2.24, 2.45) is 0 Å². The maximum absolute atomic E-state index is 6.07. The second-order valence-electron chi connectivity index (χ2n) is 4.26. The molecule has 0 spiro atoms. The van der Waals surface area contributed by atoms with Gasteiger partial charge < -0.3 is 10.3 Å². The molecule has 0 radical (unpaired) electrons. The summed E-state index contributed by atoms with van der Waals surface area (Å²) in [6.45, 7) is 0.631. The number of halogens is 1. The summed E-state index contributed by atoms with van der Waals surface area (Å²) >= 11 is 6.07. The van der Waals surface area contributed by atoms with E-state index in [0.29, 0.717) is 11.6 Å². The van der Waals surface area contributed by atoms with Gasteiger partial charge in [-0.3, -0.25) is 0 Å². The van der Waals surface area contributed by atoms with Crippen LogP contribution in [0.25, 0.3) is 22.3 Å². The molecule has 0 saturated carbocycles. The molecule has 2 aromatic heterocycles. The molecule has 19 heavy (non-hydrogen) atoms. The first-order valence-corrected chi connectivity index (χ1v) is 6.40. The number of nitrogens with zero attached hydrogens (tertiary/aromatic N) is 2. The van der Waals surface area contributed by atoms with E-state index in [-0.39, 0.29) is 0 Å². The summed E-state index contributed by atoms with van der Waals surface area (Å²) in [6, 6.07) is 9.61. The normalized spacial score (nSPS) is 11.1. The summed E-state index contributed by atoms with van der Waals surface area (Å²) in [5.74, 6) is 0.766. The van der Waals surface area contributed by atoms with Gasteiger partial charge in [0.05, 0.1) is 23.4 Å². The van der Waals surface area contributed by atoms with Crippen molar-refractivity contribution in [1.29, 1.82) is 0 Å². The van der Waals surface area contributed by atoms with Crippen molar-refractivity contribution in [3.8, 4) is 11.4 Å². The first-order chi connectivity index (χ1) is 9.28. The van der Waals surface area contributed by atoms with Gasteiger partial charge in [0.2, 0.25) is 0 Å². The Morgan fingerprint density at radius 1 is 1.26 bits per heavy atom. The van der Waals surface area contributed by atoms with Crippen molar-refractivity contribution in [1.82, 2.24) is 20.3 Å². The Kier molecular flexibility index (Phi) is 3.19. The van der Waals surface area contributed by atoms with E-state index in [1.165, 1.54) is 0 Å². The van der Waals surface area contributed by atoms with Gasteiger partial charge >= 0.3 is 0 Å². The number of aromatic nitrogens is 3. The molecule has 96 valence electrons. The van der Waals surface area contributed by atoms with Gasteiger partial charge in [-0.1, -0.05) is 11.6 Å². The molecule has 2 heterocycles. The van der Waals surface area contributed by atoms with Gasteiger partial charge in [-0.2, -0.15) is 0 Å². The fourth-order valence-corrected chi connectivity index (χ4v) is 2.24. The van der Waals surface area contributed by atoms with E-state index in [9.17, 15) is 0 Å². The predicted octanol–water partition coefficient (Wildman–Crippen LogP) is 3.00. The predicted molar refractivity (Wildman–Crippen MR) is 77.1 cm³/mol. The highest BCUT2D eigenvalue weighted by atomic mass is 35.5. The van der Waals surface area contributed by atoms with Gasteiger partial charge in [-0.15, -0.1) is 0 Å². The number of hydrogen-bond donors (Lipinski definition) is 2. The quantitative estimate of drug-likeness (QED) is 0.771. The van der Waals surface area contributed by atoms with Crippen LogP contribution in [0.1, 0.15) is 5.82 Å². The third-order valence-corrected chi connectivity index (χ3v) is 3.13. The molecule has 0 aliphatic carbocycles. The first kappa shape index (κ1) is 12.1. The lowest BCUT2D eigenvalue weighted by atomic mass is 10.1. The molecule has 3 rings (SSSR count). The third kappa shape index (κ3) is 2.32. The van der Waals surface area contributed by atoms with Crippen molar-refractivity contribution in [2.75, 3.05) is 7.05 Å². The van der Waals surface area contributed by atoms with Gasteiger partial charge in [0.25, 0.3) is 0 Å². The standard InChI is InChI=1S/C14H13ClN4/c1-16-8-13-18-11-5-4-9(15)7-10(11)14(19-13)12-3-2-6-17-12/h2-7,16-17H,8H2,1H3. The van der Waals surface area contributed by atoms with E-state index in [4.69, 9.17) is 11.6 Å². The second-order valence-corrected chi connectivity index (χ2v) is 4.70. The van der Waals surface area contributed by atoms with E-state index in [1.807, 2.05) is 43.6 Å². The van der Waals surface area contributed by atoms with Crippen LogP contribution in [0.3, 0.4) is 0 Å². The molecule has 4 nitrogen and oxygen atoms in total. The van der Waals surface area contributed by atoms with Crippen LogP contribution in [0.2, 0.25) is 5.02 Å². The zero-order chi connectivity index (χ0) is 13.2. The minimum absolute atomic E-state index is 0.631. The number of fused-ring (bicyclic) bond motifs is 1. The SMILES string of the molecule is CNCc1nc(-c2ccc[nH]2)c2cc(Cl)ccc2n1. The minimum Gasteiger partial charge on any atom is -0.360 e. The maximum Gasteiger partial charge on any atom is 0.143 e. The van der Waals surface area contributed by atoms with E-state index in [2.05, 4.69) is 20.3 Å². The van der Waals surface area contributed by atoms with Gasteiger partial charge in [0.1, 0.15) is 5.82 Å². The molecule has 3 aromatic rings. The average molecular weight is 273 g/mol. The van der Waals surface area contributed by atoms with Gasteiger partial charge in [0, 0.05) is 16.6 Å². The average Bonchev–Trinajstić information content (AvgIpc) is 2.92. The van der Waals surface area contributed by atoms with Crippen LogP contribution in [0, 0.1) is 0 Å². The number of aromatic amines is 1. The molecule has 0 amide bonds. The highest BCUT2D eigenvalue weighted by Crippen LogP contribution is 2.27. The van der Waals surface area contributed by atoms with E-state index in [0.717, 1.165) is 28.1 Å². The number of H-pyrrole nitrogens is 1. The van der Waals surface area contributed by atoms with Crippen LogP contribution in [0.15, 0.2) is 36.5 Å². The molecule has 1 aromatic carbocycles. The minimum atomic E-state index is 0.631. The third-order valence-electron chi connectivity index (χ3n) is 2.89. The summed E-state index contributed by atoms with van der Waals surface area (Å²) in [5.41, 5.74) is 2.74. The lowest BCUT2D eigenvalue weighted by Gasteiger charge is -2.08. The molecule has 2 N–H and O–H groups in total. The lowest BCUT2D eigenvalue weighted by molar-refractivity contribution is 0.765. The van der Waals surface area contributed by atoms with Crippen LogP contribution in [-0.2, 0) is 6.54 Å². The van der Waals surface area contributed by atoms with E-state index >= 15 is 0 Å². The molecule has 0 fully saturated rings. The molecule has 0 saturated heterocycles. The Balaban J connectivity index is 2.29. The van der Waals surface area contributed by atoms with Crippen LogP contribution in [0.5, 0.6) is 0 Å². The van der Waals surface area contributed by atoms with Gasteiger partial charge in [0.15, 0.2) is 0 Å².